The summed E-state index contributed by atoms with van der Waals surface area (Å²) in [7, 11) is 0. The van der Waals surface area contributed by atoms with Crippen LogP contribution in [-0.2, 0) is 0 Å². The lowest BCUT2D eigenvalue weighted by Gasteiger charge is -2.03. The van der Waals surface area contributed by atoms with Crippen molar-refractivity contribution in [2.45, 2.75) is 109 Å². The Bertz CT molecular complexity index is 138. The second-order valence-electron chi connectivity index (χ2n) is 6.20. The van der Waals surface area contributed by atoms with E-state index in [0.717, 1.165) is 6.42 Å². The van der Waals surface area contributed by atoms with Crippen LogP contribution in [0.5, 0.6) is 0 Å². The summed E-state index contributed by atoms with van der Waals surface area (Å²) in [5, 5.41) is 0. The summed E-state index contributed by atoms with van der Waals surface area (Å²) in [6.45, 7) is 3.89. The number of alkyl halides is 1. The topological polar surface area (TPSA) is 0 Å². The van der Waals surface area contributed by atoms with Gasteiger partial charge in [0.15, 0.2) is 0 Å². The number of halogens is 1. The molecular formula is C19H38I. The fourth-order valence-corrected chi connectivity index (χ4v) is 3.29. The van der Waals surface area contributed by atoms with Gasteiger partial charge in [-0.1, -0.05) is 132 Å². The molecule has 0 saturated heterocycles. The van der Waals surface area contributed by atoms with E-state index in [2.05, 4.69) is 29.5 Å². The minimum atomic E-state index is 1.12. The van der Waals surface area contributed by atoms with E-state index in [0.29, 0.717) is 0 Å². The molecule has 0 saturated carbocycles. The van der Waals surface area contributed by atoms with Crippen LogP contribution in [0.4, 0.5) is 0 Å². The molecule has 0 N–H and O–H groups in total. The van der Waals surface area contributed by atoms with E-state index in [1.54, 1.807) is 0 Å². The van der Waals surface area contributed by atoms with Gasteiger partial charge in [0.25, 0.3) is 0 Å². The summed E-state index contributed by atoms with van der Waals surface area (Å²) in [4.78, 5) is 0. The molecule has 0 aromatic heterocycles. The zero-order valence-electron chi connectivity index (χ0n) is 13.8. The molecule has 1 radical (unpaired) electrons. The predicted molar refractivity (Wildman–Crippen MR) is 103 cm³/mol. The molecule has 121 valence electrons. The summed E-state index contributed by atoms with van der Waals surface area (Å²) in [5.41, 5.74) is 0. The molecule has 0 aliphatic rings. The summed E-state index contributed by atoms with van der Waals surface area (Å²) >= 11 is 2.49. The minimum absolute atomic E-state index is 1.12. The number of hydrogen-bond acceptors (Lipinski definition) is 0. The monoisotopic (exact) mass is 393 g/mol. The van der Waals surface area contributed by atoms with Gasteiger partial charge < -0.3 is 0 Å². The van der Waals surface area contributed by atoms with Gasteiger partial charge in [0.1, 0.15) is 0 Å². The lowest BCUT2D eigenvalue weighted by atomic mass is 10.0. The smallest absolute Gasteiger partial charge is 0.000473 e. The highest BCUT2D eigenvalue weighted by Crippen LogP contribution is 2.14. The molecule has 0 nitrogen and oxygen atoms in total. The van der Waals surface area contributed by atoms with Gasteiger partial charge >= 0.3 is 0 Å². The second-order valence-corrected chi connectivity index (χ2v) is 7.28. The van der Waals surface area contributed by atoms with Crippen molar-refractivity contribution in [3.8, 4) is 0 Å². The van der Waals surface area contributed by atoms with Crippen molar-refractivity contribution < 1.29 is 0 Å². The SMILES string of the molecule is [CH2]CCCCCCCCCCCCCCCCCCI. The third kappa shape index (κ3) is 18.7. The minimum Gasteiger partial charge on any atom is -0.0864 e. The second kappa shape index (κ2) is 19.7. The Hall–Kier alpha value is 0.730. The van der Waals surface area contributed by atoms with Crippen molar-refractivity contribution in [3.63, 3.8) is 0 Å². The molecular weight excluding hydrogens is 355 g/mol. The van der Waals surface area contributed by atoms with Crippen LogP contribution in [0.15, 0.2) is 0 Å². The Balaban J connectivity index is 2.89. The first kappa shape index (κ1) is 20.7. The predicted octanol–water partition coefficient (Wildman–Crippen LogP) is 7.89. The molecule has 0 aliphatic carbocycles. The van der Waals surface area contributed by atoms with Crippen molar-refractivity contribution in [2.24, 2.45) is 0 Å². The first-order valence-electron chi connectivity index (χ1n) is 9.27. The molecule has 0 atom stereocenters. The van der Waals surface area contributed by atoms with E-state index >= 15 is 0 Å². The van der Waals surface area contributed by atoms with Crippen molar-refractivity contribution in [1.82, 2.24) is 0 Å². The summed E-state index contributed by atoms with van der Waals surface area (Å²) < 4.78 is 1.34. The summed E-state index contributed by atoms with van der Waals surface area (Å²) in [6.07, 6.45) is 24.4. The van der Waals surface area contributed by atoms with Crippen LogP contribution in [0.1, 0.15) is 109 Å². The molecule has 0 aliphatic heterocycles. The van der Waals surface area contributed by atoms with Crippen LogP contribution in [0.2, 0.25) is 0 Å². The van der Waals surface area contributed by atoms with Crippen LogP contribution < -0.4 is 0 Å². The Labute approximate surface area is 143 Å². The Morgan fingerprint density at radius 3 is 0.900 bits per heavy atom. The largest absolute Gasteiger partial charge is 0.0864 e. The van der Waals surface area contributed by atoms with Gasteiger partial charge in [-0.25, -0.2) is 0 Å². The lowest BCUT2D eigenvalue weighted by molar-refractivity contribution is 0.530. The Morgan fingerprint density at radius 1 is 0.400 bits per heavy atom. The third-order valence-electron chi connectivity index (χ3n) is 4.13. The van der Waals surface area contributed by atoms with Gasteiger partial charge in [-0.05, 0) is 10.8 Å². The first-order chi connectivity index (χ1) is 9.91. The van der Waals surface area contributed by atoms with Gasteiger partial charge in [0.2, 0.25) is 0 Å². The average molecular weight is 393 g/mol. The quantitative estimate of drug-likeness (QED) is 0.134. The highest BCUT2D eigenvalue weighted by atomic mass is 127. The Kier molecular flexibility index (Phi) is 20.5. The van der Waals surface area contributed by atoms with E-state index in [1.165, 1.54) is 107 Å². The summed E-state index contributed by atoms with van der Waals surface area (Å²) in [5.74, 6) is 0. The van der Waals surface area contributed by atoms with Gasteiger partial charge in [-0.15, -0.1) is 0 Å². The maximum atomic E-state index is 3.89. The van der Waals surface area contributed by atoms with Crippen LogP contribution in [0.3, 0.4) is 0 Å². The molecule has 0 heterocycles. The fraction of sp³-hybridized carbons (Fsp3) is 0.947. The van der Waals surface area contributed by atoms with E-state index < -0.39 is 0 Å². The van der Waals surface area contributed by atoms with Crippen molar-refractivity contribution in [3.05, 3.63) is 6.92 Å². The van der Waals surface area contributed by atoms with E-state index in [1.807, 2.05) is 0 Å². The molecule has 0 amide bonds. The first-order valence-corrected chi connectivity index (χ1v) is 10.8. The highest BCUT2D eigenvalue weighted by molar-refractivity contribution is 14.1. The van der Waals surface area contributed by atoms with Crippen LogP contribution >= 0.6 is 22.6 Å². The van der Waals surface area contributed by atoms with E-state index in [9.17, 15) is 0 Å². The summed E-state index contributed by atoms with van der Waals surface area (Å²) in [6, 6.07) is 0. The van der Waals surface area contributed by atoms with Gasteiger partial charge in [-0.2, -0.15) is 0 Å². The van der Waals surface area contributed by atoms with Crippen LogP contribution in [0, 0.1) is 6.92 Å². The zero-order valence-corrected chi connectivity index (χ0v) is 16.0. The average Bonchev–Trinajstić information content (AvgIpc) is 2.47. The Morgan fingerprint density at radius 2 is 0.650 bits per heavy atom. The maximum absolute atomic E-state index is 3.89. The van der Waals surface area contributed by atoms with E-state index in [-0.39, 0.29) is 0 Å². The molecule has 0 fully saturated rings. The molecule has 0 unspecified atom stereocenters. The molecule has 0 aromatic rings. The van der Waals surface area contributed by atoms with Crippen molar-refractivity contribution in [2.75, 3.05) is 4.43 Å². The maximum Gasteiger partial charge on any atom is -0.000473 e. The van der Waals surface area contributed by atoms with Crippen molar-refractivity contribution in [1.29, 1.82) is 0 Å². The molecule has 0 aromatic carbocycles. The molecule has 1 heteroatoms. The van der Waals surface area contributed by atoms with Gasteiger partial charge in [0, 0.05) is 0 Å². The number of rotatable bonds is 17. The number of unbranched alkanes of at least 4 members (excludes halogenated alkanes) is 16. The normalized spacial score (nSPS) is 11.1. The van der Waals surface area contributed by atoms with E-state index in [4.69, 9.17) is 0 Å². The number of hydrogen-bond donors (Lipinski definition) is 0. The molecule has 20 heavy (non-hydrogen) atoms. The molecule has 0 rings (SSSR count). The zero-order chi connectivity index (χ0) is 14.7. The third-order valence-corrected chi connectivity index (χ3v) is 4.90. The fourth-order valence-electron chi connectivity index (χ4n) is 2.75. The van der Waals surface area contributed by atoms with Gasteiger partial charge in [0.05, 0.1) is 0 Å². The van der Waals surface area contributed by atoms with Gasteiger partial charge in [-0.3, -0.25) is 0 Å². The molecule has 0 bridgehead atoms. The molecule has 0 spiro atoms. The highest BCUT2D eigenvalue weighted by Gasteiger charge is 1.94. The van der Waals surface area contributed by atoms with Crippen LogP contribution in [-0.4, -0.2) is 4.43 Å². The van der Waals surface area contributed by atoms with Crippen molar-refractivity contribution >= 4 is 22.6 Å². The van der Waals surface area contributed by atoms with Crippen LogP contribution in [0.25, 0.3) is 0 Å². The lowest BCUT2D eigenvalue weighted by Crippen LogP contribution is -1.84. The standard InChI is InChI=1S/C19H38I/c1-2-3-4-5-6-7-8-9-10-11-12-13-14-15-16-17-18-19-20/h1-19H2.